The fourth-order valence-electron chi connectivity index (χ4n) is 1.28. The molecule has 3 heteroatoms. The molecule has 0 spiro atoms. The molecule has 0 saturated heterocycles. The molecule has 2 nitrogen and oxygen atoms in total. The summed E-state index contributed by atoms with van der Waals surface area (Å²) in [4.78, 5) is 0. The fraction of sp³-hybridized carbons (Fsp3) is 0.455. The summed E-state index contributed by atoms with van der Waals surface area (Å²) in [6.07, 6.45) is 1.93. The van der Waals surface area contributed by atoms with Crippen LogP contribution in [-0.4, -0.2) is 20.1 Å². The normalized spacial score (nSPS) is 9.93. The lowest BCUT2D eigenvalue weighted by molar-refractivity contribution is 0.393. The highest BCUT2D eigenvalue weighted by molar-refractivity contribution is 6.17. The van der Waals surface area contributed by atoms with E-state index in [1.807, 2.05) is 18.2 Å². The van der Waals surface area contributed by atoms with Gasteiger partial charge in [0.2, 0.25) is 0 Å². The summed E-state index contributed by atoms with van der Waals surface area (Å²) in [5, 5.41) is 0. The van der Waals surface area contributed by atoms with E-state index in [2.05, 4.69) is 0 Å². The topological polar surface area (TPSA) is 18.5 Å². The molecule has 0 heterocycles. The highest BCUT2D eigenvalue weighted by Crippen LogP contribution is 2.23. The molecule has 1 rings (SSSR count). The first kappa shape index (κ1) is 11.2. The molecule has 0 N–H and O–H groups in total. The Hall–Kier alpha value is -0.890. The van der Waals surface area contributed by atoms with Gasteiger partial charge in [-0.25, -0.2) is 0 Å². The Bertz CT molecular complexity index is 264. The van der Waals surface area contributed by atoms with Crippen molar-refractivity contribution in [3.63, 3.8) is 0 Å². The van der Waals surface area contributed by atoms with E-state index in [1.165, 1.54) is 5.56 Å². The Kier molecular flexibility index (Phi) is 4.60. The molecule has 0 aliphatic heterocycles. The molecule has 0 aliphatic carbocycles. The summed E-state index contributed by atoms with van der Waals surface area (Å²) in [5.74, 6) is 2.34. The number of ether oxygens (including phenoxy) is 2. The van der Waals surface area contributed by atoms with Crippen LogP contribution in [0.25, 0.3) is 0 Å². The molecule has 0 aromatic heterocycles. The summed E-state index contributed by atoms with van der Waals surface area (Å²) < 4.78 is 10.3. The minimum absolute atomic E-state index is 0.680. The summed E-state index contributed by atoms with van der Waals surface area (Å²) >= 11 is 5.64. The molecule has 0 radical (unpaired) electrons. The molecule has 0 amide bonds. The number of hydrogen-bond donors (Lipinski definition) is 0. The van der Waals surface area contributed by atoms with E-state index in [0.29, 0.717) is 5.88 Å². The highest BCUT2D eigenvalue weighted by Gasteiger charge is 2.01. The van der Waals surface area contributed by atoms with Gasteiger partial charge in [-0.05, 0) is 30.5 Å². The van der Waals surface area contributed by atoms with Crippen molar-refractivity contribution in [2.75, 3.05) is 20.1 Å². The number of methoxy groups -OCH3 is 2. The van der Waals surface area contributed by atoms with Crippen LogP contribution in [0.3, 0.4) is 0 Å². The minimum atomic E-state index is 0.680. The standard InChI is InChI=1S/C11H15ClO2/c1-13-10-6-9(4-3-5-12)7-11(8-10)14-2/h6-8H,3-5H2,1-2H3. The molecule has 14 heavy (non-hydrogen) atoms. The van der Waals surface area contributed by atoms with Gasteiger partial charge in [0.15, 0.2) is 0 Å². The molecule has 0 atom stereocenters. The lowest BCUT2D eigenvalue weighted by atomic mass is 10.1. The van der Waals surface area contributed by atoms with Crippen molar-refractivity contribution in [2.24, 2.45) is 0 Å². The van der Waals surface area contributed by atoms with E-state index >= 15 is 0 Å². The summed E-state index contributed by atoms with van der Waals surface area (Å²) in [6.45, 7) is 0. The van der Waals surface area contributed by atoms with Crippen LogP contribution in [0.2, 0.25) is 0 Å². The molecule has 0 bridgehead atoms. The van der Waals surface area contributed by atoms with Crippen LogP contribution in [0, 0.1) is 0 Å². The number of halogens is 1. The van der Waals surface area contributed by atoms with Crippen LogP contribution in [0.1, 0.15) is 12.0 Å². The van der Waals surface area contributed by atoms with E-state index in [0.717, 1.165) is 24.3 Å². The summed E-state index contributed by atoms with van der Waals surface area (Å²) in [6, 6.07) is 5.88. The minimum Gasteiger partial charge on any atom is -0.497 e. The third-order valence-electron chi connectivity index (χ3n) is 2.01. The third-order valence-corrected chi connectivity index (χ3v) is 2.28. The number of hydrogen-bond acceptors (Lipinski definition) is 2. The molecule has 0 saturated carbocycles. The van der Waals surface area contributed by atoms with Crippen LogP contribution >= 0.6 is 11.6 Å². The van der Waals surface area contributed by atoms with Gasteiger partial charge in [0.25, 0.3) is 0 Å². The predicted molar refractivity (Wildman–Crippen MR) is 58.6 cm³/mol. The van der Waals surface area contributed by atoms with Gasteiger partial charge in [-0.15, -0.1) is 11.6 Å². The maximum absolute atomic E-state index is 5.64. The van der Waals surface area contributed by atoms with Crippen molar-refractivity contribution >= 4 is 11.6 Å². The van der Waals surface area contributed by atoms with Gasteiger partial charge in [0.1, 0.15) is 11.5 Å². The molecule has 78 valence electrons. The predicted octanol–water partition coefficient (Wildman–Crippen LogP) is 2.88. The van der Waals surface area contributed by atoms with Crippen molar-refractivity contribution in [3.05, 3.63) is 23.8 Å². The second kappa shape index (κ2) is 5.76. The quantitative estimate of drug-likeness (QED) is 0.702. The van der Waals surface area contributed by atoms with Crippen LogP contribution in [0.5, 0.6) is 11.5 Å². The first-order valence-corrected chi connectivity index (χ1v) is 5.11. The van der Waals surface area contributed by atoms with Crippen LogP contribution in [-0.2, 0) is 6.42 Å². The first-order valence-electron chi connectivity index (χ1n) is 4.58. The Morgan fingerprint density at radius 2 is 1.64 bits per heavy atom. The van der Waals surface area contributed by atoms with Gasteiger partial charge in [-0.1, -0.05) is 0 Å². The van der Waals surface area contributed by atoms with Crippen molar-refractivity contribution in [3.8, 4) is 11.5 Å². The van der Waals surface area contributed by atoms with E-state index in [4.69, 9.17) is 21.1 Å². The SMILES string of the molecule is COc1cc(CCCCl)cc(OC)c1. The monoisotopic (exact) mass is 214 g/mol. The average molecular weight is 215 g/mol. The molecule has 0 fully saturated rings. The lowest BCUT2D eigenvalue weighted by Gasteiger charge is -2.07. The number of benzene rings is 1. The largest absolute Gasteiger partial charge is 0.497 e. The average Bonchev–Trinajstić information content (AvgIpc) is 2.25. The number of aryl methyl sites for hydroxylation is 1. The van der Waals surface area contributed by atoms with Gasteiger partial charge in [-0.2, -0.15) is 0 Å². The van der Waals surface area contributed by atoms with Crippen molar-refractivity contribution in [2.45, 2.75) is 12.8 Å². The Labute approximate surface area is 89.8 Å². The Morgan fingerprint density at radius 3 is 2.07 bits per heavy atom. The van der Waals surface area contributed by atoms with Crippen molar-refractivity contribution in [1.29, 1.82) is 0 Å². The van der Waals surface area contributed by atoms with Crippen LogP contribution < -0.4 is 9.47 Å². The smallest absolute Gasteiger partial charge is 0.122 e. The van der Waals surface area contributed by atoms with Gasteiger partial charge in [0.05, 0.1) is 14.2 Å². The van der Waals surface area contributed by atoms with Gasteiger partial charge >= 0.3 is 0 Å². The second-order valence-electron chi connectivity index (χ2n) is 3.01. The van der Waals surface area contributed by atoms with Crippen molar-refractivity contribution in [1.82, 2.24) is 0 Å². The van der Waals surface area contributed by atoms with Gasteiger partial charge < -0.3 is 9.47 Å². The van der Waals surface area contributed by atoms with E-state index in [-0.39, 0.29) is 0 Å². The van der Waals surface area contributed by atoms with Crippen molar-refractivity contribution < 1.29 is 9.47 Å². The highest BCUT2D eigenvalue weighted by atomic mass is 35.5. The summed E-state index contributed by atoms with van der Waals surface area (Å²) in [7, 11) is 3.31. The molecular formula is C11H15ClO2. The summed E-state index contributed by atoms with van der Waals surface area (Å²) in [5.41, 5.74) is 1.20. The molecule has 0 aliphatic rings. The van der Waals surface area contributed by atoms with Crippen LogP contribution in [0.15, 0.2) is 18.2 Å². The molecule has 1 aromatic carbocycles. The second-order valence-corrected chi connectivity index (χ2v) is 3.39. The number of alkyl halides is 1. The third kappa shape index (κ3) is 3.11. The molecular weight excluding hydrogens is 200 g/mol. The first-order chi connectivity index (χ1) is 6.80. The zero-order valence-electron chi connectivity index (χ0n) is 8.55. The Morgan fingerprint density at radius 1 is 1.07 bits per heavy atom. The van der Waals surface area contributed by atoms with E-state index in [1.54, 1.807) is 14.2 Å². The van der Waals surface area contributed by atoms with Gasteiger partial charge in [0, 0.05) is 11.9 Å². The molecule has 0 unspecified atom stereocenters. The maximum atomic E-state index is 5.64. The zero-order valence-corrected chi connectivity index (χ0v) is 9.30. The maximum Gasteiger partial charge on any atom is 0.122 e. The van der Waals surface area contributed by atoms with E-state index < -0.39 is 0 Å². The lowest BCUT2D eigenvalue weighted by Crippen LogP contribution is -1.92. The molecule has 1 aromatic rings. The zero-order chi connectivity index (χ0) is 10.4. The number of rotatable bonds is 5. The van der Waals surface area contributed by atoms with Gasteiger partial charge in [-0.3, -0.25) is 0 Å². The van der Waals surface area contributed by atoms with E-state index in [9.17, 15) is 0 Å². The Balaban J connectivity index is 2.81. The van der Waals surface area contributed by atoms with Crippen LogP contribution in [0.4, 0.5) is 0 Å². The fourth-order valence-corrected chi connectivity index (χ4v) is 1.42.